The van der Waals surface area contributed by atoms with Crippen LogP contribution in [0.1, 0.15) is 75.3 Å². The maximum Gasteiger partial charge on any atom is 0.422 e. The van der Waals surface area contributed by atoms with Crippen molar-refractivity contribution in [1.82, 2.24) is 0 Å². The highest BCUT2D eigenvalue weighted by Gasteiger charge is 2.66. The summed E-state index contributed by atoms with van der Waals surface area (Å²) in [5.41, 5.74) is -1.95. The third kappa shape index (κ3) is 3.17. The Kier molecular flexibility index (Phi) is 5.54. The van der Waals surface area contributed by atoms with E-state index in [1.807, 2.05) is 0 Å². The summed E-state index contributed by atoms with van der Waals surface area (Å²) >= 11 is 0. The zero-order valence-electron chi connectivity index (χ0n) is 13.1. The van der Waals surface area contributed by atoms with Crippen LogP contribution in [-0.4, -0.2) is 11.3 Å². The minimum Gasteiger partial charge on any atom is -0.376 e. The minimum atomic E-state index is -4.60. The number of rotatable bonds is 8. The Morgan fingerprint density at radius 3 is 2.23 bits per heavy atom. The van der Waals surface area contributed by atoms with Crippen molar-refractivity contribution in [3.8, 4) is 0 Å². The Hall–Kier alpha value is -1.03. The SMILES string of the molecule is CCCCCCCCC[C@@H]1c2ccccc2[C@@]1(O)C(F)(F)F. The van der Waals surface area contributed by atoms with Crippen LogP contribution < -0.4 is 0 Å². The van der Waals surface area contributed by atoms with E-state index in [2.05, 4.69) is 6.92 Å². The van der Waals surface area contributed by atoms with Crippen molar-refractivity contribution in [3.05, 3.63) is 35.4 Å². The van der Waals surface area contributed by atoms with Gasteiger partial charge in [-0.15, -0.1) is 0 Å². The van der Waals surface area contributed by atoms with Crippen LogP contribution in [0.3, 0.4) is 0 Å². The van der Waals surface area contributed by atoms with Crippen LogP contribution in [0.25, 0.3) is 0 Å². The van der Waals surface area contributed by atoms with Crippen LogP contribution in [0.15, 0.2) is 24.3 Å². The lowest BCUT2D eigenvalue weighted by Crippen LogP contribution is -2.54. The largest absolute Gasteiger partial charge is 0.422 e. The highest BCUT2D eigenvalue weighted by Crippen LogP contribution is 2.59. The first-order valence-corrected chi connectivity index (χ1v) is 8.31. The normalized spacial score (nSPS) is 24.0. The van der Waals surface area contributed by atoms with Crippen molar-refractivity contribution in [2.45, 2.75) is 76.0 Å². The first kappa shape index (κ1) is 17.3. The van der Waals surface area contributed by atoms with Gasteiger partial charge in [0.1, 0.15) is 0 Å². The molecule has 1 aliphatic carbocycles. The quantitative estimate of drug-likeness (QED) is 0.612. The predicted octanol–water partition coefficient (Wildman–Crippen LogP) is 5.67. The van der Waals surface area contributed by atoms with E-state index in [9.17, 15) is 18.3 Å². The Labute approximate surface area is 130 Å². The second-order valence-corrected chi connectivity index (χ2v) is 6.31. The van der Waals surface area contributed by atoms with Gasteiger partial charge in [-0.3, -0.25) is 0 Å². The van der Waals surface area contributed by atoms with Crippen LogP contribution in [0.2, 0.25) is 0 Å². The zero-order chi connectivity index (χ0) is 16.2. The minimum absolute atomic E-state index is 0.0374. The molecule has 0 amide bonds. The fourth-order valence-electron chi connectivity index (χ4n) is 3.50. The molecule has 0 unspecified atom stereocenters. The summed E-state index contributed by atoms with van der Waals surface area (Å²) < 4.78 is 39.8. The standard InChI is InChI=1S/C18H25F3O/c1-2-3-4-5-6-7-8-12-15-14-11-9-10-13-16(14)17(15,22)18(19,20)21/h9-11,13,15,22H,2-8,12H2,1H3/t15-,17-/m1/s1. The number of halogens is 3. The average Bonchev–Trinajstić information content (AvgIpc) is 2.48. The molecule has 1 aromatic carbocycles. The molecule has 0 aromatic heterocycles. The van der Waals surface area contributed by atoms with Crippen molar-refractivity contribution in [2.75, 3.05) is 0 Å². The smallest absolute Gasteiger partial charge is 0.376 e. The Balaban J connectivity index is 1.90. The number of unbranched alkanes of at least 4 members (excludes halogenated alkanes) is 6. The fraction of sp³-hybridized carbons (Fsp3) is 0.667. The average molecular weight is 314 g/mol. The number of alkyl halides is 3. The molecule has 0 aliphatic heterocycles. The fourth-order valence-corrected chi connectivity index (χ4v) is 3.50. The Morgan fingerprint density at radius 2 is 1.59 bits per heavy atom. The van der Waals surface area contributed by atoms with Gasteiger partial charge in [0.05, 0.1) is 0 Å². The number of aliphatic hydroxyl groups is 1. The number of hydrogen-bond acceptors (Lipinski definition) is 1. The summed E-state index contributed by atoms with van der Waals surface area (Å²) in [6.07, 6.45) is 3.32. The molecule has 2 atom stereocenters. The predicted molar refractivity (Wildman–Crippen MR) is 81.7 cm³/mol. The van der Waals surface area contributed by atoms with Gasteiger partial charge in [0, 0.05) is 5.92 Å². The van der Waals surface area contributed by atoms with Gasteiger partial charge < -0.3 is 5.11 Å². The molecule has 1 N–H and O–H groups in total. The molecule has 0 heterocycles. The third-order valence-corrected chi connectivity index (χ3v) is 4.78. The van der Waals surface area contributed by atoms with E-state index in [1.54, 1.807) is 18.2 Å². The monoisotopic (exact) mass is 314 g/mol. The molecule has 2 rings (SSSR count). The van der Waals surface area contributed by atoms with Crippen molar-refractivity contribution in [1.29, 1.82) is 0 Å². The van der Waals surface area contributed by atoms with E-state index in [0.717, 1.165) is 25.7 Å². The van der Waals surface area contributed by atoms with Crippen LogP contribution in [0.5, 0.6) is 0 Å². The van der Waals surface area contributed by atoms with Gasteiger partial charge in [0.15, 0.2) is 5.60 Å². The third-order valence-electron chi connectivity index (χ3n) is 4.78. The van der Waals surface area contributed by atoms with Gasteiger partial charge in [0.25, 0.3) is 0 Å². The topological polar surface area (TPSA) is 20.2 Å². The molecular formula is C18H25F3O. The summed E-state index contributed by atoms with van der Waals surface area (Å²) in [7, 11) is 0. The van der Waals surface area contributed by atoms with E-state index >= 15 is 0 Å². The molecule has 1 nitrogen and oxygen atoms in total. The van der Waals surface area contributed by atoms with E-state index in [1.165, 1.54) is 25.3 Å². The molecule has 1 aliphatic rings. The summed E-state index contributed by atoms with van der Waals surface area (Å²) in [5, 5.41) is 10.2. The van der Waals surface area contributed by atoms with Gasteiger partial charge in [-0.25, -0.2) is 0 Å². The molecule has 124 valence electrons. The molecule has 0 fully saturated rings. The summed E-state index contributed by atoms with van der Waals surface area (Å²) in [6.45, 7) is 2.16. The molecule has 22 heavy (non-hydrogen) atoms. The summed E-state index contributed by atoms with van der Waals surface area (Å²) in [6, 6.07) is 6.40. The molecular weight excluding hydrogens is 289 g/mol. The van der Waals surface area contributed by atoms with Crippen LogP contribution in [-0.2, 0) is 5.60 Å². The van der Waals surface area contributed by atoms with E-state index in [0.29, 0.717) is 12.0 Å². The van der Waals surface area contributed by atoms with Gasteiger partial charge in [-0.2, -0.15) is 13.2 Å². The molecule has 0 radical (unpaired) electrons. The van der Waals surface area contributed by atoms with Gasteiger partial charge in [-0.1, -0.05) is 76.1 Å². The lowest BCUT2D eigenvalue weighted by atomic mass is 9.62. The van der Waals surface area contributed by atoms with Crippen molar-refractivity contribution in [2.24, 2.45) is 0 Å². The summed E-state index contributed by atoms with van der Waals surface area (Å²) in [4.78, 5) is 0. The van der Waals surface area contributed by atoms with E-state index < -0.39 is 17.7 Å². The molecule has 1 aromatic rings. The zero-order valence-corrected chi connectivity index (χ0v) is 13.1. The maximum atomic E-state index is 13.3. The van der Waals surface area contributed by atoms with Crippen LogP contribution >= 0.6 is 0 Å². The lowest BCUT2D eigenvalue weighted by Gasteiger charge is -2.48. The first-order chi connectivity index (χ1) is 10.4. The number of benzene rings is 1. The van der Waals surface area contributed by atoms with Crippen molar-refractivity contribution < 1.29 is 18.3 Å². The molecule has 0 saturated heterocycles. The maximum absolute atomic E-state index is 13.3. The highest BCUT2D eigenvalue weighted by atomic mass is 19.4. The number of fused-ring (bicyclic) bond motifs is 1. The molecule has 0 bridgehead atoms. The van der Waals surface area contributed by atoms with Crippen LogP contribution in [0, 0.1) is 0 Å². The van der Waals surface area contributed by atoms with Gasteiger partial charge >= 0.3 is 6.18 Å². The first-order valence-electron chi connectivity index (χ1n) is 8.31. The van der Waals surface area contributed by atoms with E-state index in [-0.39, 0.29) is 5.56 Å². The van der Waals surface area contributed by atoms with E-state index in [4.69, 9.17) is 0 Å². The molecule has 4 heteroatoms. The van der Waals surface area contributed by atoms with Crippen molar-refractivity contribution in [3.63, 3.8) is 0 Å². The lowest BCUT2D eigenvalue weighted by molar-refractivity contribution is -0.288. The van der Waals surface area contributed by atoms with Crippen LogP contribution in [0.4, 0.5) is 13.2 Å². The Bertz CT molecular complexity index is 483. The molecule has 0 saturated carbocycles. The highest BCUT2D eigenvalue weighted by molar-refractivity contribution is 5.48. The summed E-state index contributed by atoms with van der Waals surface area (Å²) in [5.74, 6) is -0.806. The second-order valence-electron chi connectivity index (χ2n) is 6.31. The number of hydrogen-bond donors (Lipinski definition) is 1. The van der Waals surface area contributed by atoms with Gasteiger partial charge in [-0.05, 0) is 17.5 Å². The molecule has 0 spiro atoms. The van der Waals surface area contributed by atoms with Gasteiger partial charge in [0.2, 0.25) is 0 Å². The van der Waals surface area contributed by atoms with Crippen molar-refractivity contribution >= 4 is 0 Å². The second kappa shape index (κ2) is 7.03. The Morgan fingerprint density at radius 1 is 1.00 bits per heavy atom.